The molecular formula is C23H17Cl4F7N2O2. The summed E-state index contributed by atoms with van der Waals surface area (Å²) in [6.07, 6.45) is -9.42. The van der Waals surface area contributed by atoms with Gasteiger partial charge in [-0.25, -0.2) is 4.39 Å². The standard InChI is InChI=1S/C23H17Cl4F7N2O2/c1-2-18(21(38)35-9-22(29,30)31)36-20(37)12-4-3-10(5-14(12)24)17(28)8-13(23(32,33)34)11-6-15(25)19(27)16(26)7-11/h3-8,13,18H,2,9H2,1H3,(H,35,38)(H,36,37)/b17-8-/t13?,18-/m1/s1. The Labute approximate surface area is 232 Å². The quantitative estimate of drug-likeness (QED) is 0.229. The van der Waals surface area contributed by atoms with Gasteiger partial charge in [-0.3, -0.25) is 9.59 Å². The third kappa shape index (κ3) is 8.65. The number of benzene rings is 2. The maximum absolute atomic E-state index is 14.9. The lowest BCUT2D eigenvalue weighted by molar-refractivity contribution is -0.139. The molecule has 0 saturated heterocycles. The lowest BCUT2D eigenvalue weighted by Gasteiger charge is -2.19. The predicted octanol–water partition coefficient (Wildman–Crippen LogP) is 8.14. The first-order valence-electron chi connectivity index (χ1n) is 10.5. The average molecular weight is 628 g/mol. The minimum Gasteiger partial charge on any atom is -0.345 e. The summed E-state index contributed by atoms with van der Waals surface area (Å²) < 4.78 is 93.1. The van der Waals surface area contributed by atoms with Gasteiger partial charge in [0.2, 0.25) is 5.91 Å². The van der Waals surface area contributed by atoms with Gasteiger partial charge in [-0.2, -0.15) is 26.3 Å². The maximum atomic E-state index is 14.9. The van der Waals surface area contributed by atoms with E-state index < -0.39 is 64.6 Å². The summed E-state index contributed by atoms with van der Waals surface area (Å²) in [5.41, 5.74) is -1.20. The molecule has 0 radical (unpaired) electrons. The van der Waals surface area contributed by atoms with Crippen LogP contribution in [0.2, 0.25) is 20.1 Å². The van der Waals surface area contributed by atoms with Gasteiger partial charge in [0.15, 0.2) is 0 Å². The van der Waals surface area contributed by atoms with Crippen molar-refractivity contribution in [2.75, 3.05) is 6.54 Å². The molecule has 2 aromatic carbocycles. The van der Waals surface area contributed by atoms with E-state index in [0.29, 0.717) is 0 Å². The van der Waals surface area contributed by atoms with Crippen molar-refractivity contribution in [3.63, 3.8) is 0 Å². The van der Waals surface area contributed by atoms with E-state index in [1.165, 1.54) is 6.92 Å². The van der Waals surface area contributed by atoms with E-state index in [-0.39, 0.29) is 33.1 Å². The summed E-state index contributed by atoms with van der Waals surface area (Å²) in [7, 11) is 0. The highest BCUT2D eigenvalue weighted by Crippen LogP contribution is 2.42. The van der Waals surface area contributed by atoms with Gasteiger partial charge in [0.25, 0.3) is 5.91 Å². The highest BCUT2D eigenvalue weighted by molar-refractivity contribution is 6.48. The van der Waals surface area contributed by atoms with Crippen molar-refractivity contribution < 1.29 is 40.3 Å². The number of carbonyl (C=O) groups excluding carboxylic acids is 2. The first-order chi connectivity index (χ1) is 17.4. The van der Waals surface area contributed by atoms with Crippen molar-refractivity contribution in [3.8, 4) is 0 Å². The lowest BCUT2D eigenvalue weighted by Crippen LogP contribution is -2.48. The van der Waals surface area contributed by atoms with Crippen LogP contribution in [-0.4, -0.2) is 36.8 Å². The molecule has 15 heteroatoms. The summed E-state index contributed by atoms with van der Waals surface area (Å²) in [4.78, 5) is 24.5. The van der Waals surface area contributed by atoms with E-state index in [1.54, 1.807) is 5.32 Å². The molecular weight excluding hydrogens is 611 g/mol. The molecule has 0 spiro atoms. The number of rotatable bonds is 8. The van der Waals surface area contributed by atoms with E-state index in [2.05, 4.69) is 5.32 Å². The van der Waals surface area contributed by atoms with Gasteiger partial charge in [-0.15, -0.1) is 0 Å². The van der Waals surface area contributed by atoms with Crippen molar-refractivity contribution in [2.45, 2.75) is 37.7 Å². The molecule has 0 heterocycles. The molecule has 2 rings (SSSR count). The second kappa shape index (κ2) is 12.8. The summed E-state index contributed by atoms with van der Waals surface area (Å²) in [6, 6.07) is 3.27. The molecule has 0 bridgehead atoms. The zero-order chi connectivity index (χ0) is 29.0. The second-order valence-corrected chi connectivity index (χ2v) is 9.39. The number of allylic oxidation sites excluding steroid dienone is 1. The van der Waals surface area contributed by atoms with E-state index in [0.717, 1.165) is 30.3 Å². The minimum absolute atomic E-state index is 0.0694. The maximum Gasteiger partial charge on any atom is 0.405 e. The Morgan fingerprint density at radius 2 is 1.53 bits per heavy atom. The number of alkyl halides is 6. The number of carbonyl (C=O) groups is 2. The Balaban J connectivity index is 2.30. The van der Waals surface area contributed by atoms with E-state index >= 15 is 0 Å². The molecule has 208 valence electrons. The van der Waals surface area contributed by atoms with Gasteiger partial charge < -0.3 is 10.6 Å². The highest BCUT2D eigenvalue weighted by atomic mass is 35.5. The fourth-order valence-electron chi connectivity index (χ4n) is 3.12. The van der Waals surface area contributed by atoms with Crippen LogP contribution < -0.4 is 10.6 Å². The Morgan fingerprint density at radius 1 is 0.947 bits per heavy atom. The van der Waals surface area contributed by atoms with Gasteiger partial charge in [0, 0.05) is 5.56 Å². The molecule has 0 aliphatic heterocycles. The molecule has 0 aliphatic carbocycles. The van der Waals surface area contributed by atoms with Crippen LogP contribution in [0.15, 0.2) is 36.4 Å². The van der Waals surface area contributed by atoms with Crippen LogP contribution >= 0.6 is 46.4 Å². The van der Waals surface area contributed by atoms with Crippen molar-refractivity contribution in [3.05, 3.63) is 73.2 Å². The Morgan fingerprint density at radius 3 is 2.00 bits per heavy atom. The Hall–Kier alpha value is -2.21. The van der Waals surface area contributed by atoms with E-state index in [9.17, 15) is 40.3 Å². The minimum atomic E-state index is -4.96. The molecule has 2 aromatic rings. The molecule has 2 atom stereocenters. The molecule has 0 aliphatic rings. The van der Waals surface area contributed by atoms with Gasteiger partial charge in [-0.1, -0.05) is 59.4 Å². The molecule has 0 saturated carbocycles. The molecule has 1 unspecified atom stereocenters. The van der Waals surface area contributed by atoms with E-state index in [1.807, 2.05) is 0 Å². The average Bonchev–Trinajstić information content (AvgIpc) is 2.80. The first-order valence-corrected chi connectivity index (χ1v) is 12.0. The third-order valence-corrected chi connectivity index (χ3v) is 6.52. The summed E-state index contributed by atoms with van der Waals surface area (Å²) in [5.74, 6) is -5.89. The molecule has 2 N–H and O–H groups in total. The zero-order valence-corrected chi connectivity index (χ0v) is 22.0. The van der Waals surface area contributed by atoms with Crippen LogP contribution in [0.5, 0.6) is 0 Å². The summed E-state index contributed by atoms with van der Waals surface area (Å²) in [5, 5.41) is 2.73. The summed E-state index contributed by atoms with van der Waals surface area (Å²) in [6.45, 7) is -0.173. The highest BCUT2D eigenvalue weighted by Gasteiger charge is 2.40. The van der Waals surface area contributed by atoms with Crippen LogP contribution in [0.4, 0.5) is 30.7 Å². The van der Waals surface area contributed by atoms with Crippen LogP contribution in [0, 0.1) is 0 Å². The zero-order valence-electron chi connectivity index (χ0n) is 19.0. The van der Waals surface area contributed by atoms with Crippen molar-refractivity contribution >= 4 is 64.0 Å². The molecule has 2 amide bonds. The normalized spacial score (nSPS) is 14.2. The molecule has 0 aromatic heterocycles. The van der Waals surface area contributed by atoms with Gasteiger partial charge in [0.1, 0.15) is 24.3 Å². The van der Waals surface area contributed by atoms with Gasteiger partial charge in [0.05, 0.1) is 25.7 Å². The first kappa shape index (κ1) is 32.0. The van der Waals surface area contributed by atoms with Crippen molar-refractivity contribution in [1.82, 2.24) is 10.6 Å². The number of nitrogens with one attached hydrogen (secondary N) is 2. The fraction of sp³-hybridized carbons (Fsp3) is 0.304. The number of hydrogen-bond donors (Lipinski definition) is 2. The Kier molecular flexibility index (Phi) is 10.7. The van der Waals surface area contributed by atoms with Crippen LogP contribution in [-0.2, 0) is 4.79 Å². The smallest absolute Gasteiger partial charge is 0.345 e. The SMILES string of the molecule is CC[C@@H](NC(=O)c1ccc(/C(F)=C/C(c2cc(Cl)c(Cl)c(Cl)c2)C(F)(F)F)cc1Cl)C(=O)NCC(F)(F)F. The predicted molar refractivity (Wildman–Crippen MR) is 131 cm³/mol. The van der Waals surface area contributed by atoms with Gasteiger partial charge in [-0.05, 0) is 42.3 Å². The molecule has 4 nitrogen and oxygen atoms in total. The molecule has 38 heavy (non-hydrogen) atoms. The van der Waals surface area contributed by atoms with Crippen LogP contribution in [0.25, 0.3) is 5.83 Å². The Bertz CT molecular complexity index is 1210. The summed E-state index contributed by atoms with van der Waals surface area (Å²) >= 11 is 23.4. The topological polar surface area (TPSA) is 58.2 Å². The number of amides is 2. The fourth-order valence-corrected chi connectivity index (χ4v) is 4.00. The van der Waals surface area contributed by atoms with Gasteiger partial charge >= 0.3 is 12.4 Å². The second-order valence-electron chi connectivity index (χ2n) is 7.79. The van der Waals surface area contributed by atoms with Crippen molar-refractivity contribution in [1.29, 1.82) is 0 Å². The van der Waals surface area contributed by atoms with Crippen LogP contribution in [0.1, 0.15) is 40.7 Å². The van der Waals surface area contributed by atoms with Crippen LogP contribution in [0.3, 0.4) is 0 Å². The van der Waals surface area contributed by atoms with E-state index in [4.69, 9.17) is 46.4 Å². The monoisotopic (exact) mass is 626 g/mol. The number of hydrogen-bond acceptors (Lipinski definition) is 2. The number of halogens is 11. The lowest BCUT2D eigenvalue weighted by atomic mass is 9.96. The molecule has 0 fully saturated rings. The largest absolute Gasteiger partial charge is 0.405 e. The van der Waals surface area contributed by atoms with Crippen molar-refractivity contribution in [2.24, 2.45) is 0 Å². The third-order valence-electron chi connectivity index (χ3n) is 5.01.